The highest BCUT2D eigenvalue weighted by atomic mass is 28.4. The lowest BCUT2D eigenvalue weighted by atomic mass is 9.93. The van der Waals surface area contributed by atoms with Gasteiger partial charge in [0, 0.05) is 38.3 Å². The molecule has 1 aliphatic rings. The Morgan fingerprint density at radius 1 is 0.595 bits per heavy atom. The quantitative estimate of drug-likeness (QED) is 0.0503. The third-order valence-electron chi connectivity index (χ3n) is 18.5. The maximum atomic E-state index is 14.1. The smallest absolute Gasteiger partial charge is 0.192 e. The van der Waals surface area contributed by atoms with Gasteiger partial charge in [0.05, 0.1) is 58.5 Å². The first-order chi connectivity index (χ1) is 36.3. The van der Waals surface area contributed by atoms with Gasteiger partial charge in [-0.3, -0.25) is 4.79 Å². The van der Waals surface area contributed by atoms with E-state index < -0.39 is 33.3 Å². The number of allylic oxidation sites excluding steroid dienone is 1. The van der Waals surface area contributed by atoms with Crippen molar-refractivity contribution in [2.24, 2.45) is 5.92 Å². The van der Waals surface area contributed by atoms with Gasteiger partial charge in [0.25, 0.3) is 0 Å². The summed E-state index contributed by atoms with van der Waals surface area (Å²) >= 11 is 0. The molecule has 0 aromatic heterocycles. The van der Waals surface area contributed by atoms with Crippen LogP contribution in [0.15, 0.2) is 60.7 Å². The summed E-state index contributed by atoms with van der Waals surface area (Å²) in [5.74, 6) is 1.49. The van der Waals surface area contributed by atoms with E-state index >= 15 is 0 Å². The second-order valence-corrected chi connectivity index (χ2v) is 48.0. The number of methoxy groups -OCH3 is 3. The van der Waals surface area contributed by atoms with Crippen LogP contribution in [0.3, 0.4) is 0 Å². The molecule has 1 fully saturated rings. The highest BCUT2D eigenvalue weighted by Gasteiger charge is 2.44. The minimum absolute atomic E-state index is 0.0148. The lowest BCUT2D eigenvalue weighted by Gasteiger charge is -2.44. The van der Waals surface area contributed by atoms with Crippen molar-refractivity contribution in [1.82, 2.24) is 0 Å². The third kappa shape index (κ3) is 23.5. The highest BCUT2D eigenvalue weighted by Crippen LogP contribution is 2.43. The zero-order valence-corrected chi connectivity index (χ0v) is 58.6. The number of carbonyl (C=O) groups excluding carboxylic acids is 1. The Labute approximate surface area is 487 Å². The number of hydrogen-bond donors (Lipinski definition) is 0. The number of ether oxygens (including phenoxy) is 6. The Bertz CT molecular complexity index is 2100. The monoisotopic (exact) mass is 1170 g/mol. The fraction of sp³-hybridized carbons (Fsp3) is 0.766. The van der Waals surface area contributed by atoms with Crippen LogP contribution in [0.25, 0.3) is 0 Å². The molecule has 0 aliphatic carbocycles. The van der Waals surface area contributed by atoms with E-state index in [2.05, 4.69) is 155 Å². The van der Waals surface area contributed by atoms with Gasteiger partial charge in [-0.05, 0) is 165 Å². The topological polar surface area (TPSA) is 109 Å². The molecule has 79 heavy (non-hydrogen) atoms. The molecule has 2 aromatic carbocycles. The molecule has 2 aromatic rings. The van der Waals surface area contributed by atoms with E-state index in [1.54, 1.807) is 27.4 Å². The summed E-state index contributed by atoms with van der Waals surface area (Å²) in [5.41, 5.74) is 2.07. The van der Waals surface area contributed by atoms with Crippen LogP contribution in [0, 0.1) is 5.92 Å². The van der Waals surface area contributed by atoms with Crippen molar-refractivity contribution in [3.8, 4) is 11.5 Å². The van der Waals surface area contributed by atoms with Crippen molar-refractivity contribution in [1.29, 1.82) is 0 Å². The minimum Gasteiger partial charge on any atom is -0.497 e. The van der Waals surface area contributed by atoms with Gasteiger partial charge in [0.2, 0.25) is 0 Å². The zero-order valence-electron chi connectivity index (χ0n) is 54.6. The van der Waals surface area contributed by atoms with Crippen LogP contribution >= 0.6 is 0 Å². The molecule has 0 amide bonds. The largest absolute Gasteiger partial charge is 0.497 e. The lowest BCUT2D eigenvalue weighted by molar-refractivity contribution is -0.117. The SMILES string of the molecule is COc1ccc(CO[C@H](CO[Si](C)(C)C(C)(C)C)[C@H](CCC(=O)/C=C\[C@H](C)[C@@H](C[C@H](C[C@@H](C[C@@H]2CCC[C@H](CCO[Si](C)(C)C(C)(C)C)O2)O[Si](C)(C)C(C)(C)C)O[Si](C)(C)C(C)(C)C)OCc2ccc(OC)cc2)OC)cc1. The second-order valence-electron chi connectivity index (χ2n) is 28.9. The third-order valence-corrected chi connectivity index (χ3v) is 36.6. The minimum atomic E-state index is -2.32. The van der Waals surface area contributed by atoms with E-state index in [1.807, 2.05) is 42.5 Å². The molecule has 454 valence electrons. The maximum absolute atomic E-state index is 14.1. The van der Waals surface area contributed by atoms with Crippen molar-refractivity contribution < 1.29 is 50.9 Å². The van der Waals surface area contributed by atoms with E-state index in [0.717, 1.165) is 67.8 Å². The molecule has 1 heterocycles. The van der Waals surface area contributed by atoms with Crippen molar-refractivity contribution in [3.63, 3.8) is 0 Å². The number of ketones is 1. The molecule has 11 nitrogen and oxygen atoms in total. The number of rotatable bonds is 33. The molecular formula is C64H116O11Si4. The molecule has 3 rings (SSSR count). The molecule has 0 saturated carbocycles. The summed E-state index contributed by atoms with van der Waals surface area (Å²) in [6, 6.07) is 16.0. The van der Waals surface area contributed by atoms with Crippen LogP contribution in [-0.2, 0) is 54.7 Å². The fourth-order valence-electron chi connectivity index (χ4n) is 8.71. The number of benzene rings is 2. The second kappa shape index (κ2) is 30.7. The standard InChI is InChI=1S/C64H116O11Si4/c1-48(28-33-51(65)34-39-58(68-16)60(47-72-77(19,20)62(5,6)7)70-46-50-31-37-53(67-15)38-32-50)59(69-45-49-29-35-52(66-14)36-30-49)44-57(75-79(23,24)64(11,12)13)43-56(74-78(21,22)63(8,9)10)42-55-27-25-26-54(73-55)40-41-71-76(17,18)61(2,3)4/h28-33,35-38,48,54-60H,25-27,34,39-47H2,1-24H3/b33-28-/t48-,54+,55-,56+,57-,58-,59+,60+/m0/s1. The Balaban J connectivity index is 1.97. The Kier molecular flexibility index (Phi) is 27.7. The van der Waals surface area contributed by atoms with Crippen LogP contribution in [0.2, 0.25) is 72.5 Å². The molecule has 0 spiro atoms. The van der Waals surface area contributed by atoms with Gasteiger partial charge in [0.15, 0.2) is 39.1 Å². The van der Waals surface area contributed by atoms with Gasteiger partial charge in [0.1, 0.15) is 17.6 Å². The average Bonchev–Trinajstić information content (AvgIpc) is 3.34. The normalized spacial score (nSPS) is 19.0. The van der Waals surface area contributed by atoms with E-state index in [9.17, 15) is 4.79 Å². The predicted octanol–water partition coefficient (Wildman–Crippen LogP) is 17.1. The Hall–Kier alpha value is -2.00. The van der Waals surface area contributed by atoms with Crippen molar-refractivity contribution >= 4 is 39.1 Å². The molecule has 15 heteroatoms. The lowest BCUT2D eigenvalue weighted by Crippen LogP contribution is -2.49. The van der Waals surface area contributed by atoms with E-state index in [0.29, 0.717) is 39.1 Å². The van der Waals surface area contributed by atoms with Gasteiger partial charge < -0.3 is 46.1 Å². The number of carbonyl (C=O) groups is 1. The average molecular weight is 1170 g/mol. The summed E-state index contributed by atoms with van der Waals surface area (Å²) in [5, 5.41) is 0.180. The fourth-order valence-corrected chi connectivity index (χ4v) is 13.5. The maximum Gasteiger partial charge on any atom is 0.192 e. The summed E-state index contributed by atoms with van der Waals surface area (Å²) in [6.45, 7) is 50.2. The van der Waals surface area contributed by atoms with Gasteiger partial charge in [-0.1, -0.05) is 120 Å². The Morgan fingerprint density at radius 3 is 1.52 bits per heavy atom. The summed E-state index contributed by atoms with van der Waals surface area (Å²) in [4.78, 5) is 14.1. The summed E-state index contributed by atoms with van der Waals surface area (Å²) in [6.07, 6.45) is 9.82. The van der Waals surface area contributed by atoms with Crippen molar-refractivity contribution in [3.05, 3.63) is 71.8 Å². The van der Waals surface area contributed by atoms with E-state index in [4.69, 9.17) is 46.1 Å². The molecule has 8 atom stereocenters. The highest BCUT2D eigenvalue weighted by molar-refractivity contribution is 6.75. The van der Waals surface area contributed by atoms with Crippen LogP contribution in [0.4, 0.5) is 0 Å². The first-order valence-electron chi connectivity index (χ1n) is 29.9. The number of hydrogen-bond acceptors (Lipinski definition) is 11. The van der Waals surface area contributed by atoms with Crippen LogP contribution in [-0.4, -0.2) is 116 Å². The van der Waals surface area contributed by atoms with Gasteiger partial charge in [-0.25, -0.2) is 0 Å². The van der Waals surface area contributed by atoms with Crippen LogP contribution in [0.5, 0.6) is 11.5 Å². The Morgan fingerprint density at radius 2 is 1.05 bits per heavy atom. The van der Waals surface area contributed by atoms with E-state index in [-0.39, 0.29) is 74.6 Å². The predicted molar refractivity (Wildman–Crippen MR) is 338 cm³/mol. The molecule has 0 bridgehead atoms. The molecule has 1 saturated heterocycles. The first-order valence-corrected chi connectivity index (χ1v) is 41.5. The van der Waals surface area contributed by atoms with Gasteiger partial charge in [-0.15, -0.1) is 0 Å². The first kappa shape index (κ1) is 71.3. The molecular weight excluding hydrogens is 1060 g/mol. The molecule has 1 aliphatic heterocycles. The summed E-state index contributed by atoms with van der Waals surface area (Å²) in [7, 11) is -3.51. The van der Waals surface area contributed by atoms with Crippen LogP contribution < -0.4 is 9.47 Å². The molecule has 0 N–H and O–H groups in total. The van der Waals surface area contributed by atoms with Gasteiger partial charge >= 0.3 is 0 Å². The zero-order chi connectivity index (χ0) is 59.8. The van der Waals surface area contributed by atoms with E-state index in [1.165, 1.54) is 0 Å². The molecule has 0 radical (unpaired) electrons. The van der Waals surface area contributed by atoms with Crippen molar-refractivity contribution in [2.45, 2.75) is 276 Å². The van der Waals surface area contributed by atoms with Crippen molar-refractivity contribution in [2.75, 3.05) is 34.5 Å². The molecule has 0 unspecified atom stereocenters. The van der Waals surface area contributed by atoms with Gasteiger partial charge in [-0.2, -0.15) is 0 Å². The summed E-state index contributed by atoms with van der Waals surface area (Å²) < 4.78 is 66.1. The van der Waals surface area contributed by atoms with Crippen LogP contribution in [0.1, 0.15) is 159 Å².